The summed E-state index contributed by atoms with van der Waals surface area (Å²) in [6.07, 6.45) is 0. The largest absolute Gasteiger partial charge is 0.493 e. The molecule has 0 unspecified atom stereocenters. The number of ether oxygens (including phenoxy) is 4. The summed E-state index contributed by atoms with van der Waals surface area (Å²) in [5.41, 5.74) is 1.88. The van der Waals surface area contributed by atoms with Crippen molar-refractivity contribution in [3.05, 3.63) is 35.4 Å². The molecule has 0 spiro atoms. The zero-order valence-corrected chi connectivity index (χ0v) is 13.9. The molecule has 23 heavy (non-hydrogen) atoms. The molecule has 122 valence electrons. The van der Waals surface area contributed by atoms with Crippen molar-refractivity contribution >= 4 is 0 Å². The van der Waals surface area contributed by atoms with Crippen LogP contribution in [0.1, 0.15) is 18.1 Å². The Bertz CT molecular complexity index is 701. The van der Waals surface area contributed by atoms with Gasteiger partial charge in [-0.15, -0.1) is 0 Å². The molecule has 2 aromatic rings. The first-order valence-electron chi connectivity index (χ1n) is 7.24. The minimum atomic E-state index is -1.15. The molecule has 2 aromatic carbocycles. The van der Waals surface area contributed by atoms with E-state index in [0.717, 1.165) is 22.3 Å². The van der Waals surface area contributed by atoms with Crippen LogP contribution in [0.4, 0.5) is 0 Å². The molecule has 0 heterocycles. The molecule has 1 aliphatic rings. The van der Waals surface area contributed by atoms with Crippen LogP contribution in [0.5, 0.6) is 23.0 Å². The molecule has 0 bridgehead atoms. The van der Waals surface area contributed by atoms with Crippen molar-refractivity contribution in [3.8, 4) is 34.1 Å². The van der Waals surface area contributed by atoms with Gasteiger partial charge in [0.1, 0.15) is 5.60 Å². The van der Waals surface area contributed by atoms with E-state index in [1.165, 1.54) is 0 Å². The third-order valence-corrected chi connectivity index (χ3v) is 4.39. The lowest BCUT2D eigenvalue weighted by Crippen LogP contribution is -2.19. The van der Waals surface area contributed by atoms with E-state index in [4.69, 9.17) is 18.9 Å². The number of methoxy groups -OCH3 is 4. The molecule has 3 rings (SSSR count). The molecule has 5 nitrogen and oxygen atoms in total. The molecule has 0 aromatic heterocycles. The van der Waals surface area contributed by atoms with Gasteiger partial charge in [0.05, 0.1) is 28.4 Å². The number of hydrogen-bond acceptors (Lipinski definition) is 5. The summed E-state index contributed by atoms with van der Waals surface area (Å²) in [5.74, 6) is 2.32. The van der Waals surface area contributed by atoms with Crippen LogP contribution in [0.25, 0.3) is 11.1 Å². The highest BCUT2D eigenvalue weighted by Crippen LogP contribution is 2.58. The quantitative estimate of drug-likeness (QED) is 0.940. The van der Waals surface area contributed by atoms with Crippen LogP contribution >= 0.6 is 0 Å². The summed E-state index contributed by atoms with van der Waals surface area (Å²) < 4.78 is 21.9. The Hall–Kier alpha value is -2.40. The first kappa shape index (κ1) is 15.5. The van der Waals surface area contributed by atoms with Gasteiger partial charge in [0.25, 0.3) is 0 Å². The van der Waals surface area contributed by atoms with Gasteiger partial charge in [-0.05, 0) is 30.2 Å². The Labute approximate surface area is 135 Å². The smallest absolute Gasteiger partial charge is 0.169 e. The number of fused-ring (bicyclic) bond motifs is 3. The maximum Gasteiger partial charge on any atom is 0.169 e. The molecular formula is C18H20O5. The summed E-state index contributed by atoms with van der Waals surface area (Å²) in [4.78, 5) is 0. The van der Waals surface area contributed by atoms with Crippen LogP contribution in [-0.4, -0.2) is 33.5 Å². The summed E-state index contributed by atoms with van der Waals surface area (Å²) in [6.45, 7) is 1.76. The Morgan fingerprint density at radius 3 is 1.39 bits per heavy atom. The highest BCUT2D eigenvalue weighted by atomic mass is 16.5. The predicted molar refractivity (Wildman–Crippen MR) is 86.8 cm³/mol. The number of hydrogen-bond donors (Lipinski definition) is 1. The third-order valence-electron chi connectivity index (χ3n) is 4.39. The van der Waals surface area contributed by atoms with Crippen LogP contribution < -0.4 is 18.9 Å². The highest BCUT2D eigenvalue weighted by Gasteiger charge is 2.43. The Balaban J connectivity index is 2.46. The lowest BCUT2D eigenvalue weighted by atomic mass is 9.93. The molecule has 1 N–H and O–H groups in total. The van der Waals surface area contributed by atoms with Crippen molar-refractivity contribution in [2.75, 3.05) is 28.4 Å². The second-order valence-electron chi connectivity index (χ2n) is 5.52. The summed E-state index contributed by atoms with van der Waals surface area (Å²) in [7, 11) is 6.33. The van der Waals surface area contributed by atoms with Crippen molar-refractivity contribution in [2.45, 2.75) is 12.5 Å². The van der Waals surface area contributed by atoms with Gasteiger partial charge >= 0.3 is 0 Å². The van der Waals surface area contributed by atoms with Crippen molar-refractivity contribution < 1.29 is 24.1 Å². The van der Waals surface area contributed by atoms with E-state index in [1.54, 1.807) is 47.5 Å². The highest BCUT2D eigenvalue weighted by molar-refractivity contribution is 5.91. The summed E-state index contributed by atoms with van der Waals surface area (Å²) in [5, 5.41) is 11.1. The van der Waals surface area contributed by atoms with Crippen molar-refractivity contribution in [3.63, 3.8) is 0 Å². The van der Waals surface area contributed by atoms with Gasteiger partial charge in [0, 0.05) is 11.1 Å². The fraction of sp³-hybridized carbons (Fsp3) is 0.333. The number of rotatable bonds is 4. The van der Waals surface area contributed by atoms with Gasteiger partial charge in [0.2, 0.25) is 0 Å². The average Bonchev–Trinajstić information content (AvgIpc) is 2.80. The van der Waals surface area contributed by atoms with E-state index >= 15 is 0 Å². The molecule has 0 aliphatic heterocycles. The van der Waals surface area contributed by atoms with Crippen LogP contribution in [0.15, 0.2) is 24.3 Å². The lowest BCUT2D eigenvalue weighted by Gasteiger charge is -2.21. The number of aliphatic hydroxyl groups is 1. The van der Waals surface area contributed by atoms with Crippen LogP contribution in [0.2, 0.25) is 0 Å². The molecular weight excluding hydrogens is 296 g/mol. The Morgan fingerprint density at radius 1 is 0.696 bits per heavy atom. The zero-order valence-electron chi connectivity index (χ0n) is 13.9. The molecule has 0 saturated carbocycles. The van der Waals surface area contributed by atoms with E-state index in [1.807, 2.05) is 12.1 Å². The molecule has 5 heteroatoms. The van der Waals surface area contributed by atoms with E-state index in [2.05, 4.69) is 0 Å². The Kier molecular flexibility index (Phi) is 3.60. The van der Waals surface area contributed by atoms with E-state index < -0.39 is 5.60 Å². The van der Waals surface area contributed by atoms with Gasteiger partial charge in [-0.25, -0.2) is 0 Å². The third kappa shape index (κ3) is 1.96. The van der Waals surface area contributed by atoms with Crippen molar-refractivity contribution in [1.82, 2.24) is 0 Å². The molecule has 1 aliphatic carbocycles. The van der Waals surface area contributed by atoms with Crippen LogP contribution in [0, 0.1) is 0 Å². The van der Waals surface area contributed by atoms with E-state index in [9.17, 15) is 5.11 Å². The molecule has 0 fully saturated rings. The lowest BCUT2D eigenvalue weighted by molar-refractivity contribution is 0.107. The molecule has 0 amide bonds. The SMILES string of the molecule is COc1ccc2c(c1OC)-c1c(ccc(OC)c1OC)C2(C)O. The number of benzene rings is 2. The summed E-state index contributed by atoms with van der Waals surface area (Å²) >= 11 is 0. The second kappa shape index (κ2) is 5.35. The predicted octanol–water partition coefficient (Wildman–Crippen LogP) is 2.96. The van der Waals surface area contributed by atoms with Gasteiger partial charge < -0.3 is 24.1 Å². The fourth-order valence-electron chi connectivity index (χ4n) is 3.31. The zero-order chi connectivity index (χ0) is 16.8. The van der Waals surface area contributed by atoms with Gasteiger partial charge in [-0.1, -0.05) is 12.1 Å². The molecule has 0 atom stereocenters. The maximum atomic E-state index is 11.1. The van der Waals surface area contributed by atoms with Crippen LogP contribution in [-0.2, 0) is 5.60 Å². The monoisotopic (exact) mass is 316 g/mol. The van der Waals surface area contributed by atoms with Crippen LogP contribution in [0.3, 0.4) is 0 Å². The minimum Gasteiger partial charge on any atom is -0.493 e. The maximum absolute atomic E-state index is 11.1. The van der Waals surface area contributed by atoms with E-state index in [0.29, 0.717) is 23.0 Å². The van der Waals surface area contributed by atoms with Crippen molar-refractivity contribution in [2.24, 2.45) is 0 Å². The average molecular weight is 316 g/mol. The minimum absolute atomic E-state index is 0.565. The van der Waals surface area contributed by atoms with Crippen molar-refractivity contribution in [1.29, 1.82) is 0 Å². The topological polar surface area (TPSA) is 57.2 Å². The first-order chi connectivity index (χ1) is 11.0. The first-order valence-corrected chi connectivity index (χ1v) is 7.24. The van der Waals surface area contributed by atoms with E-state index in [-0.39, 0.29) is 0 Å². The standard InChI is InChI=1S/C18H20O5/c1-18(19)10-6-8-12(20-2)16(22-4)14(10)15-11(18)7-9-13(21-3)17(15)23-5/h6-9,19H,1-5H3. The molecule has 0 saturated heterocycles. The normalized spacial score (nSPS) is 14.0. The second-order valence-corrected chi connectivity index (χ2v) is 5.52. The molecule has 0 radical (unpaired) electrons. The Morgan fingerprint density at radius 2 is 1.09 bits per heavy atom. The van der Waals surface area contributed by atoms with Gasteiger partial charge in [-0.3, -0.25) is 0 Å². The summed E-state index contributed by atoms with van der Waals surface area (Å²) in [6, 6.07) is 7.29. The van der Waals surface area contributed by atoms with Gasteiger partial charge in [-0.2, -0.15) is 0 Å². The fourth-order valence-corrected chi connectivity index (χ4v) is 3.31. The van der Waals surface area contributed by atoms with Gasteiger partial charge in [0.15, 0.2) is 23.0 Å².